The van der Waals surface area contributed by atoms with Crippen molar-refractivity contribution in [1.29, 1.82) is 0 Å². The minimum Gasteiger partial charge on any atom is -0.496 e. The van der Waals surface area contributed by atoms with Crippen molar-refractivity contribution in [2.45, 2.75) is 0 Å². The number of nitrogens with zero attached hydrogens (tertiary/aromatic N) is 1. The first kappa shape index (κ1) is 21.8. The highest BCUT2D eigenvalue weighted by atomic mass is 35.5. The summed E-state index contributed by atoms with van der Waals surface area (Å²) < 4.78 is 5.18. The second-order valence-corrected chi connectivity index (χ2v) is 6.21. The summed E-state index contributed by atoms with van der Waals surface area (Å²) >= 11 is 10.6. The number of hydrogen-bond acceptors (Lipinski definition) is 6. The number of thiocarbonyl (C=S) groups is 1. The number of nitro benzene ring substituents is 1. The van der Waals surface area contributed by atoms with Crippen LogP contribution in [-0.2, 0) is 4.79 Å². The van der Waals surface area contributed by atoms with E-state index in [1.165, 1.54) is 25.3 Å². The van der Waals surface area contributed by atoms with Crippen molar-refractivity contribution in [2.24, 2.45) is 0 Å². The Morgan fingerprint density at radius 2 is 1.93 bits per heavy atom. The molecule has 11 heteroatoms. The van der Waals surface area contributed by atoms with E-state index in [0.29, 0.717) is 11.3 Å². The van der Waals surface area contributed by atoms with Gasteiger partial charge in [-0.1, -0.05) is 29.8 Å². The molecule has 0 aliphatic carbocycles. The molecule has 2 rings (SSSR count). The molecule has 2 aromatic carbocycles. The highest BCUT2D eigenvalue weighted by molar-refractivity contribution is 7.80. The van der Waals surface area contributed by atoms with Crippen molar-refractivity contribution >= 4 is 52.5 Å². The van der Waals surface area contributed by atoms with Crippen LogP contribution in [0.15, 0.2) is 48.5 Å². The Kier molecular flexibility index (Phi) is 7.63. The molecule has 9 nitrogen and oxygen atoms in total. The lowest BCUT2D eigenvalue weighted by atomic mass is 10.2. The molecule has 0 spiro atoms. The van der Waals surface area contributed by atoms with Crippen LogP contribution in [0.25, 0.3) is 6.08 Å². The van der Waals surface area contributed by atoms with Gasteiger partial charge >= 0.3 is 0 Å². The Morgan fingerprint density at radius 3 is 2.62 bits per heavy atom. The van der Waals surface area contributed by atoms with Crippen LogP contribution >= 0.6 is 23.8 Å². The van der Waals surface area contributed by atoms with Gasteiger partial charge in [0.1, 0.15) is 10.8 Å². The van der Waals surface area contributed by atoms with Crippen LogP contribution in [0, 0.1) is 10.1 Å². The van der Waals surface area contributed by atoms with Crippen LogP contribution in [0.1, 0.15) is 15.9 Å². The highest BCUT2D eigenvalue weighted by Crippen LogP contribution is 2.24. The lowest BCUT2D eigenvalue weighted by Crippen LogP contribution is -2.48. The van der Waals surface area contributed by atoms with Gasteiger partial charge in [0.25, 0.3) is 11.6 Å². The molecule has 2 aromatic rings. The number of hydrogen-bond donors (Lipinski definition) is 3. The van der Waals surface area contributed by atoms with Crippen LogP contribution < -0.4 is 20.9 Å². The SMILES string of the molecule is COc1ccccc1C=CC(=O)NC(=S)NNC(=O)c1ccc(Cl)c([N+](=O)[O-])c1. The van der Waals surface area contributed by atoms with Gasteiger partial charge in [-0.2, -0.15) is 0 Å². The molecule has 0 aromatic heterocycles. The fraction of sp³-hybridized carbons (Fsp3) is 0.0556. The Morgan fingerprint density at radius 1 is 1.21 bits per heavy atom. The van der Waals surface area contributed by atoms with E-state index in [4.69, 9.17) is 28.6 Å². The number of amides is 2. The summed E-state index contributed by atoms with van der Waals surface area (Å²) in [7, 11) is 1.52. The molecular weight excluding hydrogens is 420 g/mol. The van der Waals surface area contributed by atoms with E-state index in [0.717, 1.165) is 6.07 Å². The predicted octanol–water partition coefficient (Wildman–Crippen LogP) is 2.61. The summed E-state index contributed by atoms with van der Waals surface area (Å²) in [5.41, 5.74) is 4.84. The lowest BCUT2D eigenvalue weighted by molar-refractivity contribution is -0.384. The van der Waals surface area contributed by atoms with Crippen LogP contribution in [0.5, 0.6) is 5.75 Å². The van der Waals surface area contributed by atoms with E-state index < -0.39 is 22.4 Å². The number of rotatable bonds is 5. The molecule has 0 aliphatic heterocycles. The molecule has 0 aliphatic rings. The van der Waals surface area contributed by atoms with Gasteiger partial charge in [-0.05, 0) is 36.5 Å². The average Bonchev–Trinajstić information content (AvgIpc) is 2.70. The van der Waals surface area contributed by atoms with E-state index in [9.17, 15) is 19.7 Å². The second-order valence-electron chi connectivity index (χ2n) is 5.40. The first-order valence-electron chi connectivity index (χ1n) is 7.98. The molecule has 0 unspecified atom stereocenters. The zero-order valence-corrected chi connectivity index (χ0v) is 16.5. The van der Waals surface area contributed by atoms with Gasteiger partial charge in [0, 0.05) is 23.3 Å². The van der Waals surface area contributed by atoms with E-state index >= 15 is 0 Å². The number of halogens is 1. The summed E-state index contributed by atoms with van der Waals surface area (Å²) in [4.78, 5) is 34.2. The maximum atomic E-state index is 12.1. The van der Waals surface area contributed by atoms with Gasteiger partial charge in [-0.25, -0.2) is 0 Å². The molecule has 0 heterocycles. The van der Waals surface area contributed by atoms with Gasteiger partial charge in [0.15, 0.2) is 5.11 Å². The van der Waals surface area contributed by atoms with Crippen molar-refractivity contribution in [3.63, 3.8) is 0 Å². The largest absolute Gasteiger partial charge is 0.496 e. The molecule has 29 heavy (non-hydrogen) atoms. The lowest BCUT2D eigenvalue weighted by Gasteiger charge is -2.10. The van der Waals surface area contributed by atoms with Crippen molar-refractivity contribution in [3.8, 4) is 5.75 Å². The smallest absolute Gasteiger partial charge is 0.288 e. The Balaban J connectivity index is 1.90. The van der Waals surface area contributed by atoms with Crippen molar-refractivity contribution in [2.75, 3.05) is 7.11 Å². The van der Waals surface area contributed by atoms with Crippen LogP contribution in [0.4, 0.5) is 5.69 Å². The van der Waals surface area contributed by atoms with Gasteiger partial charge in [-0.3, -0.25) is 35.9 Å². The number of benzene rings is 2. The van der Waals surface area contributed by atoms with E-state index in [1.54, 1.807) is 30.3 Å². The predicted molar refractivity (Wildman–Crippen MR) is 111 cm³/mol. The molecule has 0 bridgehead atoms. The van der Waals surface area contributed by atoms with Crippen molar-refractivity contribution < 1.29 is 19.2 Å². The second kappa shape index (κ2) is 10.2. The van der Waals surface area contributed by atoms with Gasteiger partial charge in [0.05, 0.1) is 12.0 Å². The molecule has 0 atom stereocenters. The topological polar surface area (TPSA) is 123 Å². The molecule has 2 amide bonds. The number of nitrogens with one attached hydrogen (secondary N) is 3. The van der Waals surface area contributed by atoms with Gasteiger partial charge in [0.2, 0.25) is 5.91 Å². The third kappa shape index (κ3) is 6.26. The maximum Gasteiger partial charge on any atom is 0.288 e. The standard InChI is InChI=1S/C18H15ClN4O5S/c1-28-15-5-3-2-4-11(15)7-9-16(24)20-18(29)22-21-17(25)12-6-8-13(19)14(10-12)23(26)27/h2-10H,1H3,(H,21,25)(H2,20,22,24,29). The number of para-hydroxylation sites is 1. The summed E-state index contributed by atoms with van der Waals surface area (Å²) in [5.74, 6) is -0.641. The highest BCUT2D eigenvalue weighted by Gasteiger charge is 2.16. The Labute approximate surface area is 175 Å². The molecule has 0 radical (unpaired) electrons. The number of methoxy groups -OCH3 is 1. The first-order valence-corrected chi connectivity index (χ1v) is 8.76. The van der Waals surface area contributed by atoms with Crippen molar-refractivity contribution in [1.82, 2.24) is 16.2 Å². The Hall–Kier alpha value is -3.50. The fourth-order valence-corrected chi connectivity index (χ4v) is 2.47. The number of nitro groups is 1. The number of carbonyl (C=O) groups is 2. The molecular formula is C18H15ClN4O5S. The minimum absolute atomic E-state index is 0.0150. The van der Waals surface area contributed by atoms with Crippen LogP contribution in [0.3, 0.4) is 0 Å². The zero-order valence-electron chi connectivity index (χ0n) is 15.0. The van der Waals surface area contributed by atoms with Gasteiger partial charge < -0.3 is 4.74 Å². The summed E-state index contributed by atoms with van der Waals surface area (Å²) in [5, 5.41) is 13.0. The van der Waals surface area contributed by atoms with Crippen molar-refractivity contribution in [3.05, 3.63) is 74.8 Å². The zero-order chi connectivity index (χ0) is 21.4. The third-order valence-corrected chi connectivity index (χ3v) is 4.01. The monoisotopic (exact) mass is 434 g/mol. The fourth-order valence-electron chi connectivity index (χ4n) is 2.13. The summed E-state index contributed by atoms with van der Waals surface area (Å²) in [6.07, 6.45) is 2.79. The van der Waals surface area contributed by atoms with E-state index in [2.05, 4.69) is 16.2 Å². The van der Waals surface area contributed by atoms with Gasteiger partial charge in [-0.15, -0.1) is 0 Å². The first-order chi connectivity index (χ1) is 13.8. The normalized spacial score (nSPS) is 10.3. The Bertz CT molecular complexity index is 996. The number of ether oxygens (including phenoxy) is 1. The molecule has 3 N–H and O–H groups in total. The number of hydrazine groups is 1. The van der Waals surface area contributed by atoms with E-state index in [1.807, 2.05) is 0 Å². The van der Waals surface area contributed by atoms with E-state index in [-0.39, 0.29) is 15.7 Å². The maximum absolute atomic E-state index is 12.1. The average molecular weight is 435 g/mol. The molecule has 0 saturated carbocycles. The molecule has 0 saturated heterocycles. The van der Waals surface area contributed by atoms with Crippen LogP contribution in [0.2, 0.25) is 5.02 Å². The third-order valence-electron chi connectivity index (χ3n) is 3.48. The summed E-state index contributed by atoms with van der Waals surface area (Å²) in [6.45, 7) is 0. The quantitative estimate of drug-likeness (QED) is 0.286. The summed E-state index contributed by atoms with van der Waals surface area (Å²) in [6, 6.07) is 10.7. The number of carbonyl (C=O) groups excluding carboxylic acids is 2. The molecule has 0 fully saturated rings. The molecule has 150 valence electrons. The minimum atomic E-state index is -0.703. The van der Waals surface area contributed by atoms with Crippen LogP contribution in [-0.4, -0.2) is 29.0 Å².